The molecule has 0 radical (unpaired) electrons. The molecule has 0 heterocycles. The number of nitrogens with one attached hydrogen (secondary N) is 1. The Hall–Kier alpha value is -0.730. The summed E-state index contributed by atoms with van der Waals surface area (Å²) in [5.74, 6) is 2.22. The van der Waals surface area contributed by atoms with E-state index >= 15 is 0 Å². The normalized spacial score (nSPS) is 23.2. The molecule has 94 valence electrons. The molecule has 0 bridgehead atoms. The molecule has 1 aliphatic rings. The van der Waals surface area contributed by atoms with E-state index < -0.39 is 0 Å². The molecule has 1 aromatic rings. The van der Waals surface area contributed by atoms with E-state index in [4.69, 9.17) is 16.3 Å². The van der Waals surface area contributed by atoms with Gasteiger partial charge in [-0.1, -0.05) is 24.6 Å². The molecule has 1 fully saturated rings. The van der Waals surface area contributed by atoms with Crippen LogP contribution in [0.15, 0.2) is 18.2 Å². The molecule has 1 N–H and O–H groups in total. The average molecular weight is 254 g/mol. The molecule has 0 amide bonds. The van der Waals surface area contributed by atoms with Crippen LogP contribution in [0.25, 0.3) is 0 Å². The smallest absolute Gasteiger partial charge is 0.137 e. The van der Waals surface area contributed by atoms with Crippen molar-refractivity contribution in [2.24, 2.45) is 5.92 Å². The van der Waals surface area contributed by atoms with Gasteiger partial charge in [-0.2, -0.15) is 0 Å². The molecule has 2 nitrogen and oxygen atoms in total. The number of halogens is 1. The second kappa shape index (κ2) is 5.74. The summed E-state index contributed by atoms with van der Waals surface area (Å²) in [6.07, 6.45) is 2.60. The van der Waals surface area contributed by atoms with Gasteiger partial charge in [-0.25, -0.2) is 0 Å². The van der Waals surface area contributed by atoms with Crippen molar-refractivity contribution in [2.75, 3.05) is 20.2 Å². The van der Waals surface area contributed by atoms with Crippen LogP contribution in [0.4, 0.5) is 0 Å². The highest BCUT2D eigenvalue weighted by atomic mass is 35.5. The lowest BCUT2D eigenvalue weighted by atomic mass is 9.70. The van der Waals surface area contributed by atoms with E-state index in [2.05, 4.69) is 24.4 Å². The molecule has 1 saturated carbocycles. The van der Waals surface area contributed by atoms with E-state index in [0.717, 1.165) is 24.8 Å². The molecule has 17 heavy (non-hydrogen) atoms. The molecule has 1 aromatic carbocycles. The minimum atomic E-state index is 0.667. The number of benzene rings is 1. The molecule has 0 saturated heterocycles. The van der Waals surface area contributed by atoms with Crippen molar-refractivity contribution in [2.45, 2.75) is 25.7 Å². The van der Waals surface area contributed by atoms with Gasteiger partial charge in [-0.05, 0) is 55.5 Å². The fourth-order valence-electron chi connectivity index (χ4n) is 2.49. The third-order valence-electron chi connectivity index (χ3n) is 3.68. The van der Waals surface area contributed by atoms with Crippen LogP contribution in [-0.4, -0.2) is 20.2 Å². The van der Waals surface area contributed by atoms with E-state index in [1.54, 1.807) is 7.11 Å². The molecule has 2 atom stereocenters. The number of rotatable bonds is 5. The molecule has 0 aliphatic heterocycles. The highest BCUT2D eigenvalue weighted by Crippen LogP contribution is 2.43. The Morgan fingerprint density at radius 2 is 2.24 bits per heavy atom. The number of ether oxygens (including phenoxy) is 1. The van der Waals surface area contributed by atoms with E-state index in [1.807, 2.05) is 6.07 Å². The first-order chi connectivity index (χ1) is 8.26. The van der Waals surface area contributed by atoms with Gasteiger partial charge in [0.2, 0.25) is 0 Å². The SMILES string of the molecule is CCNCC1CCC1c1ccc(Cl)c(OC)c1. The maximum atomic E-state index is 6.04. The van der Waals surface area contributed by atoms with Crippen molar-refractivity contribution in [1.82, 2.24) is 5.32 Å². The van der Waals surface area contributed by atoms with E-state index in [9.17, 15) is 0 Å². The Morgan fingerprint density at radius 1 is 1.41 bits per heavy atom. The lowest BCUT2D eigenvalue weighted by molar-refractivity contribution is 0.247. The monoisotopic (exact) mass is 253 g/mol. The highest BCUT2D eigenvalue weighted by Gasteiger charge is 2.31. The standard InChI is InChI=1S/C14H20ClNO/c1-3-16-9-11-4-6-12(11)10-5-7-13(15)14(8-10)17-2/h5,7-8,11-12,16H,3-4,6,9H2,1-2H3. The molecular weight excluding hydrogens is 234 g/mol. The van der Waals surface area contributed by atoms with Crippen molar-refractivity contribution in [3.63, 3.8) is 0 Å². The lowest BCUT2D eigenvalue weighted by Crippen LogP contribution is -2.33. The van der Waals surface area contributed by atoms with Crippen LogP contribution in [0.1, 0.15) is 31.2 Å². The molecule has 0 spiro atoms. The van der Waals surface area contributed by atoms with Gasteiger partial charge in [0.05, 0.1) is 12.1 Å². The van der Waals surface area contributed by atoms with Gasteiger partial charge in [-0.3, -0.25) is 0 Å². The van der Waals surface area contributed by atoms with Crippen molar-refractivity contribution < 1.29 is 4.74 Å². The van der Waals surface area contributed by atoms with Crippen LogP contribution in [0.2, 0.25) is 5.02 Å². The van der Waals surface area contributed by atoms with Crippen molar-refractivity contribution in [3.05, 3.63) is 28.8 Å². The summed E-state index contributed by atoms with van der Waals surface area (Å²) in [5, 5.41) is 4.13. The van der Waals surface area contributed by atoms with Crippen LogP contribution in [-0.2, 0) is 0 Å². The molecule has 3 heteroatoms. The Kier molecular flexibility index (Phi) is 4.30. The Labute approximate surface area is 108 Å². The van der Waals surface area contributed by atoms with Gasteiger partial charge in [0.15, 0.2) is 0 Å². The van der Waals surface area contributed by atoms with Gasteiger partial charge < -0.3 is 10.1 Å². The first kappa shape index (κ1) is 12.7. The third kappa shape index (κ3) is 2.75. The van der Waals surface area contributed by atoms with Crippen molar-refractivity contribution in [3.8, 4) is 5.75 Å². The van der Waals surface area contributed by atoms with Gasteiger partial charge in [0, 0.05) is 0 Å². The first-order valence-electron chi connectivity index (χ1n) is 6.30. The van der Waals surface area contributed by atoms with E-state index in [1.165, 1.54) is 18.4 Å². The van der Waals surface area contributed by atoms with E-state index in [0.29, 0.717) is 10.9 Å². The molecule has 1 aliphatic carbocycles. The zero-order valence-electron chi connectivity index (χ0n) is 10.5. The molecular formula is C14H20ClNO. The summed E-state index contributed by atoms with van der Waals surface area (Å²) < 4.78 is 5.27. The molecule has 2 unspecified atom stereocenters. The molecule has 2 rings (SSSR count). The second-order valence-corrected chi connectivity index (χ2v) is 5.05. The van der Waals surface area contributed by atoms with Crippen molar-refractivity contribution >= 4 is 11.6 Å². The summed E-state index contributed by atoms with van der Waals surface area (Å²) >= 11 is 6.04. The minimum Gasteiger partial charge on any atom is -0.495 e. The van der Waals surface area contributed by atoms with Crippen LogP contribution in [0.5, 0.6) is 5.75 Å². The number of hydrogen-bond acceptors (Lipinski definition) is 2. The average Bonchev–Trinajstić information content (AvgIpc) is 2.30. The Balaban J connectivity index is 2.07. The quantitative estimate of drug-likeness (QED) is 0.868. The maximum absolute atomic E-state index is 6.04. The minimum absolute atomic E-state index is 0.667. The molecule has 0 aromatic heterocycles. The van der Waals surface area contributed by atoms with Gasteiger partial charge >= 0.3 is 0 Å². The zero-order chi connectivity index (χ0) is 12.3. The maximum Gasteiger partial charge on any atom is 0.137 e. The van der Waals surface area contributed by atoms with Gasteiger partial charge in [0.25, 0.3) is 0 Å². The van der Waals surface area contributed by atoms with Crippen molar-refractivity contribution in [1.29, 1.82) is 0 Å². The number of methoxy groups -OCH3 is 1. The largest absolute Gasteiger partial charge is 0.495 e. The fourth-order valence-corrected chi connectivity index (χ4v) is 2.68. The van der Waals surface area contributed by atoms with Gasteiger partial charge in [0.1, 0.15) is 5.75 Å². The van der Waals surface area contributed by atoms with Crippen LogP contribution in [0, 0.1) is 5.92 Å². The first-order valence-corrected chi connectivity index (χ1v) is 6.68. The topological polar surface area (TPSA) is 21.3 Å². The highest BCUT2D eigenvalue weighted by molar-refractivity contribution is 6.32. The predicted molar refractivity (Wildman–Crippen MR) is 72.0 cm³/mol. The van der Waals surface area contributed by atoms with Crippen LogP contribution in [0.3, 0.4) is 0 Å². The van der Waals surface area contributed by atoms with Crippen LogP contribution >= 0.6 is 11.6 Å². The Morgan fingerprint density at radius 3 is 2.82 bits per heavy atom. The second-order valence-electron chi connectivity index (χ2n) is 4.65. The Bertz CT molecular complexity index is 380. The fraction of sp³-hybridized carbons (Fsp3) is 0.571. The number of hydrogen-bond donors (Lipinski definition) is 1. The lowest BCUT2D eigenvalue weighted by Gasteiger charge is -2.37. The summed E-state index contributed by atoms with van der Waals surface area (Å²) in [5.41, 5.74) is 1.36. The summed E-state index contributed by atoms with van der Waals surface area (Å²) in [4.78, 5) is 0. The van der Waals surface area contributed by atoms with Gasteiger partial charge in [-0.15, -0.1) is 0 Å². The summed E-state index contributed by atoms with van der Waals surface area (Å²) in [6.45, 7) is 4.32. The van der Waals surface area contributed by atoms with Crippen LogP contribution < -0.4 is 10.1 Å². The zero-order valence-corrected chi connectivity index (χ0v) is 11.3. The summed E-state index contributed by atoms with van der Waals surface area (Å²) in [7, 11) is 1.67. The third-order valence-corrected chi connectivity index (χ3v) is 3.99. The predicted octanol–water partition coefficient (Wildman–Crippen LogP) is 3.45. The van der Waals surface area contributed by atoms with E-state index in [-0.39, 0.29) is 0 Å². The summed E-state index contributed by atoms with van der Waals surface area (Å²) in [6, 6.07) is 6.16.